The van der Waals surface area contributed by atoms with Crippen molar-refractivity contribution in [3.63, 3.8) is 0 Å². The first-order valence-corrected chi connectivity index (χ1v) is 26.0. The smallest absolute Gasteiger partial charge is 0.244 e. The minimum absolute atomic E-state index is 0.638. The lowest BCUT2D eigenvalue weighted by Gasteiger charge is -2.14. The van der Waals surface area contributed by atoms with Crippen LogP contribution in [0.5, 0.6) is 0 Å². The second kappa shape index (κ2) is 41.3. The molecule has 0 saturated carbocycles. The van der Waals surface area contributed by atoms with Crippen molar-refractivity contribution in [2.24, 2.45) is 0 Å². The predicted octanol–water partition coefficient (Wildman–Crippen LogP) is 16.8. The van der Waals surface area contributed by atoms with Gasteiger partial charge in [0.05, 0.1) is 6.61 Å². The van der Waals surface area contributed by atoms with Crippen molar-refractivity contribution in [2.75, 3.05) is 12.4 Å². The van der Waals surface area contributed by atoms with Gasteiger partial charge in [-0.05, 0) is 24.6 Å². The molecule has 0 aliphatic carbocycles. The third-order valence-electron chi connectivity index (χ3n) is 10.0. The van der Waals surface area contributed by atoms with Crippen LogP contribution in [0.15, 0.2) is 0 Å². The summed E-state index contributed by atoms with van der Waals surface area (Å²) in [6, 6.07) is 0. The van der Waals surface area contributed by atoms with Gasteiger partial charge in [-0.15, -0.1) is 0 Å². The van der Waals surface area contributed by atoms with E-state index in [4.69, 9.17) is 16.3 Å². The van der Waals surface area contributed by atoms with Gasteiger partial charge in [0.15, 0.2) is 0 Å². The molecule has 0 aromatic carbocycles. The Balaban J connectivity index is 3.25. The van der Waals surface area contributed by atoms with Gasteiger partial charge in [-0.2, -0.15) is 0 Å². The average Bonchev–Trinajstić information content (AvgIpc) is 3.06. The molecule has 0 aliphatic rings. The molecule has 0 bridgehead atoms. The molecule has 0 amide bonds. The van der Waals surface area contributed by atoms with E-state index in [1.54, 1.807) is 0 Å². The summed E-state index contributed by atoms with van der Waals surface area (Å²) < 4.78 is 5.75. The van der Waals surface area contributed by atoms with E-state index in [9.17, 15) is 4.89 Å². The molecule has 0 saturated heterocycles. The van der Waals surface area contributed by atoms with E-state index in [2.05, 4.69) is 13.8 Å². The van der Waals surface area contributed by atoms with Crippen molar-refractivity contribution >= 4 is 28.9 Å². The third kappa shape index (κ3) is 43.0. The fourth-order valence-corrected chi connectivity index (χ4v) is 10.2. The maximum Gasteiger partial charge on any atom is 0.244 e. The summed E-state index contributed by atoms with van der Waals surface area (Å²) in [5.41, 5.74) is -2.63. The molecule has 0 aromatic rings. The molecule has 0 aromatic heterocycles. The normalized spacial score (nSPS) is 13.0. The standard InChI is InChI=1S/C42H87O2PS2/c1-3-5-7-9-11-13-15-17-19-21-23-25-27-29-31-33-35-37-39-41-44-45(43,46)47-42-40-38-36-34-32-30-28-26-24-22-20-18-16-14-12-10-8-6-4-2/h3-42H2,1-2H3,(H,43,46). The van der Waals surface area contributed by atoms with Gasteiger partial charge in [0.25, 0.3) is 0 Å². The quantitative estimate of drug-likeness (QED) is 0.0503. The summed E-state index contributed by atoms with van der Waals surface area (Å²) in [4.78, 5) is 10.5. The maximum absolute atomic E-state index is 10.5. The number of rotatable bonds is 42. The van der Waals surface area contributed by atoms with Gasteiger partial charge in [0, 0.05) is 5.75 Å². The first-order chi connectivity index (χ1) is 23.1. The molecule has 284 valence electrons. The lowest BCUT2D eigenvalue weighted by atomic mass is 10.0. The molecule has 2 nitrogen and oxygen atoms in total. The molecule has 1 atom stereocenters. The van der Waals surface area contributed by atoms with Gasteiger partial charge >= 0.3 is 0 Å². The predicted molar refractivity (Wildman–Crippen MR) is 222 cm³/mol. The van der Waals surface area contributed by atoms with Crippen LogP contribution in [0.2, 0.25) is 0 Å². The molecule has 1 unspecified atom stereocenters. The summed E-state index contributed by atoms with van der Waals surface area (Å²) in [5, 5.41) is 0. The van der Waals surface area contributed by atoms with E-state index < -0.39 is 5.69 Å². The minimum Gasteiger partial charge on any atom is -0.337 e. The molecule has 1 N–H and O–H groups in total. The molecule has 47 heavy (non-hydrogen) atoms. The molecule has 0 fully saturated rings. The second-order valence-corrected chi connectivity index (χ2v) is 21.2. The van der Waals surface area contributed by atoms with E-state index >= 15 is 0 Å². The Hall–Kier alpha value is 0.920. The van der Waals surface area contributed by atoms with Crippen molar-refractivity contribution < 1.29 is 9.42 Å². The first-order valence-electron chi connectivity index (χ1n) is 21.7. The van der Waals surface area contributed by atoms with Crippen LogP contribution >= 0.6 is 17.1 Å². The van der Waals surface area contributed by atoms with Crippen LogP contribution in [0.4, 0.5) is 0 Å². The Bertz CT molecular complexity index is 569. The Labute approximate surface area is 307 Å². The van der Waals surface area contributed by atoms with Crippen LogP contribution < -0.4 is 0 Å². The van der Waals surface area contributed by atoms with Crippen LogP contribution in [0, 0.1) is 0 Å². The molecule has 0 aliphatic heterocycles. The van der Waals surface area contributed by atoms with Crippen LogP contribution in [0.25, 0.3) is 0 Å². The zero-order valence-electron chi connectivity index (χ0n) is 32.4. The molecule has 0 spiro atoms. The summed E-state index contributed by atoms with van der Waals surface area (Å²) in [5.74, 6) is 0.950. The minimum atomic E-state index is -2.63. The van der Waals surface area contributed by atoms with Crippen molar-refractivity contribution in [3.8, 4) is 0 Å². The summed E-state index contributed by atoms with van der Waals surface area (Å²) >= 11 is 6.91. The van der Waals surface area contributed by atoms with Crippen molar-refractivity contribution in [1.29, 1.82) is 0 Å². The fraction of sp³-hybridized carbons (Fsp3) is 1.00. The highest BCUT2D eigenvalue weighted by Gasteiger charge is 2.13. The highest BCUT2D eigenvalue weighted by Crippen LogP contribution is 2.56. The largest absolute Gasteiger partial charge is 0.337 e. The summed E-state index contributed by atoms with van der Waals surface area (Å²) in [6.07, 6.45) is 53.1. The zero-order chi connectivity index (χ0) is 34.2. The highest BCUT2D eigenvalue weighted by molar-refractivity contribution is 8.67. The Morgan fingerprint density at radius 2 is 0.574 bits per heavy atom. The van der Waals surface area contributed by atoms with E-state index in [1.807, 2.05) is 0 Å². The molecule has 0 radical (unpaired) electrons. The molecule has 0 rings (SSSR count). The maximum atomic E-state index is 10.5. The van der Waals surface area contributed by atoms with Gasteiger partial charge in [0.1, 0.15) is 0 Å². The zero-order valence-corrected chi connectivity index (χ0v) is 34.9. The van der Waals surface area contributed by atoms with Gasteiger partial charge < -0.3 is 9.42 Å². The van der Waals surface area contributed by atoms with E-state index in [1.165, 1.54) is 243 Å². The lowest BCUT2D eigenvalue weighted by Crippen LogP contribution is -1.92. The van der Waals surface area contributed by atoms with Gasteiger partial charge in [-0.3, -0.25) is 0 Å². The number of hydrogen-bond acceptors (Lipinski definition) is 3. The van der Waals surface area contributed by atoms with Crippen molar-refractivity contribution in [1.82, 2.24) is 0 Å². The molecular weight excluding hydrogens is 632 g/mol. The van der Waals surface area contributed by atoms with Crippen LogP contribution in [-0.2, 0) is 16.3 Å². The highest BCUT2D eigenvalue weighted by atomic mass is 32.9. The Kier molecular flexibility index (Phi) is 42.2. The third-order valence-corrected chi connectivity index (χ3v) is 14.4. The van der Waals surface area contributed by atoms with Crippen LogP contribution in [0.1, 0.15) is 258 Å². The Morgan fingerprint density at radius 1 is 0.362 bits per heavy atom. The summed E-state index contributed by atoms with van der Waals surface area (Å²) in [6.45, 7) is 5.23. The van der Waals surface area contributed by atoms with E-state index in [0.717, 1.165) is 18.6 Å². The fourth-order valence-electron chi connectivity index (χ4n) is 6.76. The van der Waals surface area contributed by atoms with Gasteiger partial charge in [0.2, 0.25) is 5.69 Å². The average molecular weight is 719 g/mol. The molecular formula is C42H87O2PS2. The van der Waals surface area contributed by atoms with Crippen molar-refractivity contribution in [3.05, 3.63) is 0 Å². The number of hydrogen-bond donors (Lipinski definition) is 1. The van der Waals surface area contributed by atoms with Crippen LogP contribution in [0.3, 0.4) is 0 Å². The topological polar surface area (TPSA) is 29.5 Å². The molecule has 5 heteroatoms. The SMILES string of the molecule is CCCCCCCCCCCCCCCCCCCCCOP(O)(=S)SCCCCCCCCCCCCCCCCCCCCC. The first kappa shape index (κ1) is 47.9. The van der Waals surface area contributed by atoms with E-state index in [0.29, 0.717) is 6.61 Å². The van der Waals surface area contributed by atoms with Crippen LogP contribution in [-0.4, -0.2) is 17.3 Å². The Morgan fingerprint density at radius 3 is 0.830 bits per heavy atom. The summed E-state index contributed by atoms with van der Waals surface area (Å²) in [7, 11) is 0. The number of unbranched alkanes of at least 4 members (excludes halogenated alkanes) is 36. The molecule has 0 heterocycles. The monoisotopic (exact) mass is 719 g/mol. The van der Waals surface area contributed by atoms with E-state index in [-0.39, 0.29) is 0 Å². The second-order valence-electron chi connectivity index (χ2n) is 14.9. The van der Waals surface area contributed by atoms with Gasteiger partial charge in [-0.25, -0.2) is 0 Å². The van der Waals surface area contributed by atoms with Crippen molar-refractivity contribution in [2.45, 2.75) is 258 Å². The lowest BCUT2D eigenvalue weighted by molar-refractivity contribution is 0.307. The van der Waals surface area contributed by atoms with Gasteiger partial charge in [-0.1, -0.05) is 256 Å².